The Bertz CT molecular complexity index is 801. The molecule has 0 amide bonds. The van der Waals surface area contributed by atoms with E-state index in [4.69, 9.17) is 0 Å². The Morgan fingerprint density at radius 3 is 2.19 bits per heavy atom. The van der Waals surface area contributed by atoms with Crippen LogP contribution in [0.25, 0.3) is 0 Å². The maximum Gasteiger partial charge on any atom is 0.190 e. The summed E-state index contributed by atoms with van der Waals surface area (Å²) in [5.74, 6) is -0.675. The van der Waals surface area contributed by atoms with E-state index in [2.05, 4.69) is 4.90 Å². The molecule has 4 nitrogen and oxygen atoms in total. The number of fused-ring (bicyclic) bond motifs is 1. The zero-order chi connectivity index (χ0) is 18.3. The number of benzene rings is 1. The molecule has 0 N–H and O–H groups in total. The minimum atomic E-state index is -0.471. The van der Waals surface area contributed by atoms with Gasteiger partial charge in [0.1, 0.15) is 5.78 Å². The van der Waals surface area contributed by atoms with E-state index in [1.807, 2.05) is 0 Å². The molecule has 3 aliphatic rings. The van der Waals surface area contributed by atoms with Crippen LogP contribution in [0.5, 0.6) is 0 Å². The highest BCUT2D eigenvalue weighted by Gasteiger charge is 2.43. The fourth-order valence-corrected chi connectivity index (χ4v) is 4.70. The number of likely N-dealkylation sites (tertiary alicyclic amines) is 1. The topological polar surface area (TPSA) is 54.5 Å². The molecule has 0 radical (unpaired) electrons. The van der Waals surface area contributed by atoms with Crippen LogP contribution in [0.3, 0.4) is 0 Å². The molecule has 26 heavy (non-hydrogen) atoms. The van der Waals surface area contributed by atoms with Gasteiger partial charge in [0, 0.05) is 34.6 Å². The molecule has 0 bridgehead atoms. The zero-order valence-corrected chi connectivity index (χ0v) is 15.3. The van der Waals surface area contributed by atoms with Crippen LogP contribution in [-0.2, 0) is 4.79 Å². The number of Topliss-reactive ketones (excluding diaryl/α,β-unsaturated/α-hetero) is 3. The number of hydrogen-bond acceptors (Lipinski definition) is 4. The quantitative estimate of drug-likeness (QED) is 0.837. The van der Waals surface area contributed by atoms with Crippen molar-refractivity contribution in [1.29, 1.82) is 0 Å². The summed E-state index contributed by atoms with van der Waals surface area (Å²) in [6, 6.07) is 7.02. The molecular weight excluding hydrogens is 326 g/mol. The van der Waals surface area contributed by atoms with Crippen LogP contribution in [0.15, 0.2) is 35.4 Å². The Balaban J connectivity index is 1.66. The van der Waals surface area contributed by atoms with Crippen molar-refractivity contribution >= 4 is 17.3 Å². The van der Waals surface area contributed by atoms with Gasteiger partial charge in [0.05, 0.1) is 0 Å². The molecule has 1 aromatic carbocycles. The molecular formula is C22H25NO3. The second kappa shape index (κ2) is 6.92. The fourth-order valence-electron chi connectivity index (χ4n) is 4.70. The van der Waals surface area contributed by atoms with Gasteiger partial charge in [-0.2, -0.15) is 0 Å². The first-order chi connectivity index (χ1) is 12.6. The molecule has 0 spiro atoms. The molecule has 2 aliphatic carbocycles. The molecule has 2 unspecified atom stereocenters. The van der Waals surface area contributed by atoms with Crippen LogP contribution in [-0.4, -0.2) is 41.9 Å². The largest absolute Gasteiger partial charge is 0.303 e. The summed E-state index contributed by atoms with van der Waals surface area (Å²) in [7, 11) is 0. The number of carbonyl (C=O) groups is 3. The summed E-state index contributed by atoms with van der Waals surface area (Å²) in [5, 5.41) is 0. The smallest absolute Gasteiger partial charge is 0.190 e. The van der Waals surface area contributed by atoms with E-state index in [9.17, 15) is 14.4 Å². The highest BCUT2D eigenvalue weighted by Crippen LogP contribution is 2.41. The molecule has 1 heterocycles. The third-order valence-corrected chi connectivity index (χ3v) is 6.21. The van der Waals surface area contributed by atoms with Crippen molar-refractivity contribution in [2.45, 2.75) is 39.0 Å². The van der Waals surface area contributed by atoms with Gasteiger partial charge in [0.2, 0.25) is 0 Å². The number of piperidine rings is 1. The van der Waals surface area contributed by atoms with Gasteiger partial charge in [-0.15, -0.1) is 0 Å². The number of rotatable bonds is 3. The molecule has 136 valence electrons. The van der Waals surface area contributed by atoms with Gasteiger partial charge in [-0.25, -0.2) is 0 Å². The zero-order valence-electron chi connectivity index (χ0n) is 15.3. The van der Waals surface area contributed by atoms with Crippen molar-refractivity contribution in [3.63, 3.8) is 0 Å². The van der Waals surface area contributed by atoms with Crippen molar-refractivity contribution in [2.75, 3.05) is 19.6 Å². The van der Waals surface area contributed by atoms with Crippen LogP contribution in [0, 0.1) is 11.8 Å². The Labute approximate surface area is 154 Å². The lowest BCUT2D eigenvalue weighted by molar-refractivity contribution is -0.122. The van der Waals surface area contributed by atoms with Crippen LogP contribution < -0.4 is 0 Å². The minimum absolute atomic E-state index is 0.0433. The summed E-state index contributed by atoms with van der Waals surface area (Å²) in [6.07, 6.45) is 4.89. The van der Waals surface area contributed by atoms with Crippen molar-refractivity contribution in [1.82, 2.24) is 4.90 Å². The number of allylic oxidation sites excluding steroid dienone is 2. The van der Waals surface area contributed by atoms with Crippen molar-refractivity contribution in [3.8, 4) is 0 Å². The van der Waals surface area contributed by atoms with Crippen LogP contribution >= 0.6 is 0 Å². The van der Waals surface area contributed by atoms with Gasteiger partial charge < -0.3 is 4.90 Å². The van der Waals surface area contributed by atoms with E-state index in [0.29, 0.717) is 28.7 Å². The average Bonchev–Trinajstić information content (AvgIpc) is 2.67. The van der Waals surface area contributed by atoms with Crippen LogP contribution in [0.1, 0.15) is 59.7 Å². The Morgan fingerprint density at radius 1 is 0.923 bits per heavy atom. The summed E-state index contributed by atoms with van der Waals surface area (Å²) in [5.41, 5.74) is 2.04. The molecule has 0 aromatic heterocycles. The van der Waals surface area contributed by atoms with E-state index in [1.54, 1.807) is 31.2 Å². The Morgan fingerprint density at radius 2 is 1.54 bits per heavy atom. The molecule has 1 aliphatic heterocycles. The fraction of sp³-hybridized carbons (Fsp3) is 0.500. The number of nitrogens with zero attached hydrogens (tertiary/aromatic N) is 1. The molecule has 1 saturated heterocycles. The number of hydrogen-bond donors (Lipinski definition) is 0. The maximum absolute atomic E-state index is 13.2. The van der Waals surface area contributed by atoms with Crippen LogP contribution in [0.4, 0.5) is 0 Å². The summed E-state index contributed by atoms with van der Waals surface area (Å²) in [4.78, 5) is 41.2. The standard InChI is InChI=1S/C22H25NO3/c1-14-18(24)13-15(9-12-23-10-5-2-6-11-23)20-19(14)21(25)16-7-3-4-8-17(16)22(20)26/h3-4,7-8,14-15H,2,5-6,9-13H2,1H3. The Hall–Kier alpha value is -2.07. The molecule has 4 heteroatoms. The lowest BCUT2D eigenvalue weighted by atomic mass is 9.67. The highest BCUT2D eigenvalue weighted by molar-refractivity contribution is 6.29. The first-order valence-corrected chi connectivity index (χ1v) is 9.75. The number of carbonyl (C=O) groups excluding carboxylic acids is 3. The molecule has 0 saturated carbocycles. The van der Waals surface area contributed by atoms with Gasteiger partial charge in [-0.1, -0.05) is 37.6 Å². The average molecular weight is 351 g/mol. The van der Waals surface area contributed by atoms with Gasteiger partial charge in [-0.05, 0) is 44.8 Å². The normalized spacial score (nSPS) is 26.7. The monoisotopic (exact) mass is 351 g/mol. The summed E-state index contributed by atoms with van der Waals surface area (Å²) < 4.78 is 0. The van der Waals surface area contributed by atoms with Crippen molar-refractivity contribution < 1.29 is 14.4 Å². The van der Waals surface area contributed by atoms with Gasteiger partial charge >= 0.3 is 0 Å². The van der Waals surface area contributed by atoms with E-state index >= 15 is 0 Å². The van der Waals surface area contributed by atoms with E-state index in [0.717, 1.165) is 26.1 Å². The third-order valence-electron chi connectivity index (χ3n) is 6.21. The second-order valence-corrected chi connectivity index (χ2v) is 7.81. The molecule has 1 fully saturated rings. The second-order valence-electron chi connectivity index (χ2n) is 7.81. The van der Waals surface area contributed by atoms with E-state index in [1.165, 1.54) is 19.3 Å². The lowest BCUT2D eigenvalue weighted by Crippen LogP contribution is -2.39. The lowest BCUT2D eigenvalue weighted by Gasteiger charge is -2.35. The molecule has 2 atom stereocenters. The van der Waals surface area contributed by atoms with E-state index < -0.39 is 5.92 Å². The predicted molar refractivity (Wildman–Crippen MR) is 99.3 cm³/mol. The summed E-state index contributed by atoms with van der Waals surface area (Å²) >= 11 is 0. The van der Waals surface area contributed by atoms with Gasteiger partial charge in [0.25, 0.3) is 0 Å². The summed E-state index contributed by atoms with van der Waals surface area (Å²) in [6.45, 7) is 4.86. The number of ketones is 3. The van der Waals surface area contributed by atoms with Gasteiger partial charge in [-0.3, -0.25) is 14.4 Å². The SMILES string of the molecule is CC1C(=O)CC(CCN2CCCCC2)C2=C1C(=O)c1ccccc1C2=O. The van der Waals surface area contributed by atoms with Crippen molar-refractivity contribution in [3.05, 3.63) is 46.5 Å². The molecule has 1 aromatic rings. The first kappa shape index (κ1) is 17.3. The predicted octanol–water partition coefficient (Wildman–Crippen LogP) is 3.46. The van der Waals surface area contributed by atoms with Gasteiger partial charge in [0.15, 0.2) is 11.6 Å². The Kier molecular flexibility index (Phi) is 4.62. The minimum Gasteiger partial charge on any atom is -0.303 e. The molecule has 4 rings (SSSR count). The van der Waals surface area contributed by atoms with E-state index in [-0.39, 0.29) is 23.3 Å². The van der Waals surface area contributed by atoms with Crippen molar-refractivity contribution in [2.24, 2.45) is 11.8 Å². The first-order valence-electron chi connectivity index (χ1n) is 9.75. The third kappa shape index (κ3) is 2.86. The van der Waals surface area contributed by atoms with Crippen LogP contribution in [0.2, 0.25) is 0 Å². The highest BCUT2D eigenvalue weighted by atomic mass is 16.1. The maximum atomic E-state index is 13.2.